The van der Waals surface area contributed by atoms with Crippen molar-refractivity contribution in [3.05, 3.63) is 0 Å². The Balaban J connectivity index is 2.63. The molecule has 1 aliphatic carbocycles. The van der Waals surface area contributed by atoms with Crippen LogP contribution in [0.25, 0.3) is 0 Å². The van der Waals surface area contributed by atoms with Crippen LogP contribution in [0, 0.1) is 17.3 Å². The summed E-state index contributed by atoms with van der Waals surface area (Å²) in [7, 11) is 1.81. The summed E-state index contributed by atoms with van der Waals surface area (Å²) in [6.45, 7) is 12.8. The molecule has 1 amide bonds. The number of nitrogens with zero attached hydrogens (tertiary/aromatic N) is 1. The van der Waals surface area contributed by atoms with Crippen LogP contribution in [0.5, 0.6) is 0 Å². The van der Waals surface area contributed by atoms with Crippen LogP contribution in [-0.2, 0) is 4.74 Å². The molecule has 0 aromatic carbocycles. The van der Waals surface area contributed by atoms with Gasteiger partial charge in [-0.3, -0.25) is 0 Å². The van der Waals surface area contributed by atoms with Gasteiger partial charge in [-0.1, -0.05) is 13.8 Å². The minimum Gasteiger partial charge on any atom is -0.444 e. The van der Waals surface area contributed by atoms with Crippen molar-refractivity contribution >= 4 is 6.09 Å². The van der Waals surface area contributed by atoms with Crippen LogP contribution < -0.4 is 5.73 Å². The Bertz CT molecular complexity index is 320. The zero-order chi connectivity index (χ0) is 14.3. The third kappa shape index (κ3) is 2.97. The summed E-state index contributed by atoms with van der Waals surface area (Å²) in [5.41, 5.74) is 5.56. The molecule has 1 fully saturated rings. The molecule has 0 aromatic rings. The van der Waals surface area contributed by atoms with Gasteiger partial charge in [0.25, 0.3) is 0 Å². The maximum absolute atomic E-state index is 12.0. The Labute approximate surface area is 111 Å². The van der Waals surface area contributed by atoms with E-state index in [0.29, 0.717) is 18.4 Å². The standard InChI is InChI=1S/C14H28N2O2/c1-9(11-10(8-15)14(11,5)6)16(7)12(17)18-13(2,3)4/h9-11H,8,15H2,1-7H3/t9?,10-,11-/m0/s1. The number of carbonyl (C=O) groups excluding carboxylic acids is 1. The fraction of sp³-hybridized carbons (Fsp3) is 0.929. The second-order valence-corrected chi connectivity index (χ2v) is 7.02. The van der Waals surface area contributed by atoms with Gasteiger partial charge in [-0.15, -0.1) is 0 Å². The minimum atomic E-state index is -0.447. The highest BCUT2D eigenvalue weighted by atomic mass is 16.6. The first-order valence-corrected chi connectivity index (χ1v) is 6.68. The quantitative estimate of drug-likeness (QED) is 0.844. The van der Waals surface area contributed by atoms with Gasteiger partial charge >= 0.3 is 6.09 Å². The fourth-order valence-corrected chi connectivity index (χ4v) is 2.94. The summed E-state index contributed by atoms with van der Waals surface area (Å²) >= 11 is 0. The van der Waals surface area contributed by atoms with Gasteiger partial charge in [0.15, 0.2) is 0 Å². The first-order chi connectivity index (χ1) is 8.02. The molecular formula is C14H28N2O2. The second-order valence-electron chi connectivity index (χ2n) is 7.02. The summed E-state index contributed by atoms with van der Waals surface area (Å²) in [6.07, 6.45) is -0.256. The predicted octanol–water partition coefficient (Wildman–Crippen LogP) is 2.47. The molecule has 1 unspecified atom stereocenters. The van der Waals surface area contributed by atoms with Crippen molar-refractivity contribution in [3.63, 3.8) is 0 Å². The van der Waals surface area contributed by atoms with Crippen molar-refractivity contribution in [2.45, 2.75) is 53.2 Å². The molecule has 1 rings (SSSR count). The first kappa shape index (κ1) is 15.3. The highest BCUT2D eigenvalue weighted by Crippen LogP contribution is 2.60. The van der Waals surface area contributed by atoms with E-state index in [2.05, 4.69) is 20.8 Å². The molecule has 0 bridgehead atoms. The average Bonchev–Trinajstić information content (AvgIpc) is 2.75. The molecule has 0 heterocycles. The van der Waals surface area contributed by atoms with Crippen LogP contribution in [-0.4, -0.2) is 36.2 Å². The number of carbonyl (C=O) groups is 1. The Hall–Kier alpha value is -0.770. The van der Waals surface area contributed by atoms with E-state index < -0.39 is 5.60 Å². The number of hydrogen-bond donors (Lipinski definition) is 1. The van der Waals surface area contributed by atoms with Gasteiger partial charge in [0.05, 0.1) is 0 Å². The maximum atomic E-state index is 12.0. The topological polar surface area (TPSA) is 55.6 Å². The summed E-state index contributed by atoms with van der Waals surface area (Å²) in [4.78, 5) is 13.7. The molecule has 3 atom stereocenters. The molecule has 18 heavy (non-hydrogen) atoms. The van der Waals surface area contributed by atoms with E-state index in [1.54, 1.807) is 11.9 Å². The van der Waals surface area contributed by atoms with Crippen molar-refractivity contribution in [2.75, 3.05) is 13.6 Å². The average molecular weight is 256 g/mol. The lowest BCUT2D eigenvalue weighted by molar-refractivity contribution is 0.0207. The van der Waals surface area contributed by atoms with Gasteiger partial charge in [0, 0.05) is 13.1 Å². The molecule has 0 aromatic heterocycles. The lowest BCUT2D eigenvalue weighted by atomic mass is 10.0. The number of amides is 1. The summed E-state index contributed by atoms with van der Waals surface area (Å²) < 4.78 is 5.39. The van der Waals surface area contributed by atoms with Gasteiger partial charge < -0.3 is 15.4 Å². The molecule has 4 heteroatoms. The van der Waals surface area contributed by atoms with Crippen LogP contribution in [0.4, 0.5) is 4.79 Å². The monoisotopic (exact) mass is 256 g/mol. The lowest BCUT2D eigenvalue weighted by Gasteiger charge is -2.29. The second kappa shape index (κ2) is 4.72. The molecule has 1 aliphatic rings. The summed E-state index contributed by atoms with van der Waals surface area (Å²) in [5, 5.41) is 0. The third-order valence-corrected chi connectivity index (χ3v) is 4.21. The Morgan fingerprint density at radius 2 is 1.94 bits per heavy atom. The van der Waals surface area contributed by atoms with Crippen molar-refractivity contribution < 1.29 is 9.53 Å². The predicted molar refractivity (Wildman–Crippen MR) is 73.3 cm³/mol. The van der Waals surface area contributed by atoms with Gasteiger partial charge in [-0.25, -0.2) is 4.79 Å². The zero-order valence-corrected chi connectivity index (χ0v) is 12.8. The SMILES string of the molecule is CC([C@H]1[C@H](CN)C1(C)C)N(C)C(=O)OC(C)(C)C. The number of rotatable bonds is 3. The largest absolute Gasteiger partial charge is 0.444 e. The zero-order valence-electron chi connectivity index (χ0n) is 12.8. The minimum absolute atomic E-state index is 0.156. The van der Waals surface area contributed by atoms with Crippen LogP contribution in [0.2, 0.25) is 0 Å². The normalized spacial score (nSPS) is 27.6. The van der Waals surface area contributed by atoms with Crippen LogP contribution in [0.1, 0.15) is 41.5 Å². The molecular weight excluding hydrogens is 228 g/mol. The van der Waals surface area contributed by atoms with Crippen molar-refractivity contribution in [2.24, 2.45) is 23.0 Å². The molecule has 0 radical (unpaired) electrons. The molecule has 1 saturated carbocycles. The van der Waals surface area contributed by atoms with E-state index in [1.165, 1.54) is 0 Å². The molecule has 4 nitrogen and oxygen atoms in total. The van der Waals surface area contributed by atoms with Gasteiger partial charge in [0.2, 0.25) is 0 Å². The van der Waals surface area contributed by atoms with Gasteiger partial charge in [0.1, 0.15) is 5.60 Å². The smallest absolute Gasteiger partial charge is 0.410 e. The number of hydrogen-bond acceptors (Lipinski definition) is 3. The fourth-order valence-electron chi connectivity index (χ4n) is 2.94. The van der Waals surface area contributed by atoms with E-state index >= 15 is 0 Å². The first-order valence-electron chi connectivity index (χ1n) is 6.68. The van der Waals surface area contributed by atoms with Gasteiger partial charge in [-0.2, -0.15) is 0 Å². The molecule has 0 spiro atoms. The van der Waals surface area contributed by atoms with Crippen LogP contribution in [0.3, 0.4) is 0 Å². The molecule has 106 valence electrons. The van der Waals surface area contributed by atoms with E-state index in [0.717, 1.165) is 0 Å². The highest BCUT2D eigenvalue weighted by molar-refractivity contribution is 5.68. The van der Waals surface area contributed by atoms with E-state index in [9.17, 15) is 4.79 Å². The van der Waals surface area contributed by atoms with Crippen LogP contribution >= 0.6 is 0 Å². The summed E-state index contributed by atoms with van der Waals surface area (Å²) in [6, 6.07) is 0.156. The molecule has 0 aliphatic heterocycles. The van der Waals surface area contributed by atoms with E-state index in [1.807, 2.05) is 20.8 Å². The van der Waals surface area contributed by atoms with Crippen molar-refractivity contribution in [3.8, 4) is 0 Å². The molecule has 0 saturated heterocycles. The molecule has 2 N–H and O–H groups in total. The number of nitrogens with two attached hydrogens (primary N) is 1. The van der Waals surface area contributed by atoms with Gasteiger partial charge in [-0.05, 0) is 51.5 Å². The Morgan fingerprint density at radius 3 is 2.28 bits per heavy atom. The van der Waals surface area contributed by atoms with Crippen molar-refractivity contribution in [1.29, 1.82) is 0 Å². The van der Waals surface area contributed by atoms with E-state index in [-0.39, 0.29) is 17.6 Å². The highest BCUT2D eigenvalue weighted by Gasteiger charge is 2.60. The Morgan fingerprint density at radius 1 is 1.44 bits per heavy atom. The Kier molecular flexibility index (Phi) is 4.01. The lowest BCUT2D eigenvalue weighted by Crippen LogP contribution is -2.41. The van der Waals surface area contributed by atoms with Crippen LogP contribution in [0.15, 0.2) is 0 Å². The third-order valence-electron chi connectivity index (χ3n) is 4.21. The summed E-state index contributed by atoms with van der Waals surface area (Å²) in [5.74, 6) is 0.956. The number of ether oxygens (including phenoxy) is 1. The van der Waals surface area contributed by atoms with Crippen molar-refractivity contribution in [1.82, 2.24) is 4.90 Å². The van der Waals surface area contributed by atoms with E-state index in [4.69, 9.17) is 10.5 Å². The maximum Gasteiger partial charge on any atom is 0.410 e.